The first-order valence-corrected chi connectivity index (χ1v) is 10.1. The Labute approximate surface area is 167 Å². The zero-order chi connectivity index (χ0) is 18.7. The third-order valence-corrected chi connectivity index (χ3v) is 6.43. The lowest BCUT2D eigenvalue weighted by Crippen LogP contribution is -3.08. The van der Waals surface area contributed by atoms with Crippen LogP contribution in [-0.4, -0.2) is 19.5 Å². The van der Waals surface area contributed by atoms with Crippen molar-refractivity contribution in [2.75, 3.05) is 18.9 Å². The highest BCUT2D eigenvalue weighted by Crippen LogP contribution is 2.37. The van der Waals surface area contributed by atoms with Crippen molar-refractivity contribution < 1.29 is 9.69 Å². The molecule has 0 radical (unpaired) electrons. The molecule has 0 saturated heterocycles. The third-order valence-electron chi connectivity index (χ3n) is 4.49. The first-order chi connectivity index (χ1) is 12.5. The number of rotatable bonds is 5. The SMILES string of the molecule is C[NH+](CC(=O)Nc1sc2c(c1C#N)CCCC2)Cc1ccc(Cl)c(Cl)c1. The van der Waals surface area contributed by atoms with Crippen molar-refractivity contribution in [1.29, 1.82) is 5.26 Å². The van der Waals surface area contributed by atoms with Gasteiger partial charge in [-0.05, 0) is 43.4 Å². The van der Waals surface area contributed by atoms with E-state index in [-0.39, 0.29) is 5.91 Å². The van der Waals surface area contributed by atoms with Crippen molar-refractivity contribution in [3.8, 4) is 6.07 Å². The van der Waals surface area contributed by atoms with Crippen LogP contribution in [0.3, 0.4) is 0 Å². The minimum atomic E-state index is -0.0855. The number of carbonyl (C=O) groups excluding carboxylic acids is 1. The second-order valence-corrected chi connectivity index (χ2v) is 8.55. The summed E-state index contributed by atoms with van der Waals surface area (Å²) in [5.41, 5.74) is 2.81. The van der Waals surface area contributed by atoms with Gasteiger partial charge in [-0.2, -0.15) is 5.26 Å². The Morgan fingerprint density at radius 3 is 2.81 bits per heavy atom. The molecular formula is C19H20Cl2N3OS+. The van der Waals surface area contributed by atoms with Crippen LogP contribution >= 0.6 is 34.5 Å². The molecule has 3 rings (SSSR count). The lowest BCUT2D eigenvalue weighted by molar-refractivity contribution is -0.885. The summed E-state index contributed by atoms with van der Waals surface area (Å²) < 4.78 is 0. The second-order valence-electron chi connectivity index (χ2n) is 6.63. The highest BCUT2D eigenvalue weighted by Gasteiger charge is 2.22. The van der Waals surface area contributed by atoms with E-state index in [1.54, 1.807) is 17.4 Å². The van der Waals surface area contributed by atoms with Crippen molar-refractivity contribution in [3.05, 3.63) is 49.8 Å². The van der Waals surface area contributed by atoms with Crippen LogP contribution in [-0.2, 0) is 24.2 Å². The molecule has 136 valence electrons. The number of nitriles is 1. The van der Waals surface area contributed by atoms with E-state index in [1.807, 2.05) is 19.2 Å². The Bertz CT molecular complexity index is 872. The topological polar surface area (TPSA) is 57.3 Å². The predicted octanol–water partition coefficient (Wildman–Crippen LogP) is 3.46. The molecular weight excluding hydrogens is 389 g/mol. The standard InChI is InChI=1S/C19H19Cl2N3OS/c1-24(10-12-6-7-15(20)16(21)8-12)11-18(25)23-19-14(9-22)13-4-2-3-5-17(13)26-19/h6-8H,2-5,10-11H2,1H3,(H,23,25)/p+1. The zero-order valence-corrected chi connectivity index (χ0v) is 16.8. The summed E-state index contributed by atoms with van der Waals surface area (Å²) >= 11 is 13.5. The van der Waals surface area contributed by atoms with E-state index in [2.05, 4.69) is 11.4 Å². The smallest absolute Gasteiger partial charge is 0.280 e. The average molecular weight is 409 g/mol. The normalized spacial score (nSPS) is 14.4. The third kappa shape index (κ3) is 4.39. The van der Waals surface area contributed by atoms with E-state index >= 15 is 0 Å². The summed E-state index contributed by atoms with van der Waals surface area (Å²) in [6.07, 6.45) is 4.21. The van der Waals surface area contributed by atoms with Crippen LogP contribution in [0.2, 0.25) is 10.0 Å². The number of carbonyl (C=O) groups is 1. The van der Waals surface area contributed by atoms with Gasteiger partial charge >= 0.3 is 0 Å². The number of fused-ring (bicyclic) bond motifs is 1. The molecule has 26 heavy (non-hydrogen) atoms. The predicted molar refractivity (Wildman–Crippen MR) is 106 cm³/mol. The fourth-order valence-corrected chi connectivity index (χ4v) is 4.85. The molecule has 1 amide bonds. The molecule has 0 fully saturated rings. The van der Waals surface area contributed by atoms with E-state index in [4.69, 9.17) is 23.2 Å². The van der Waals surface area contributed by atoms with Gasteiger partial charge in [0.05, 0.1) is 22.7 Å². The van der Waals surface area contributed by atoms with E-state index in [0.29, 0.717) is 33.7 Å². The Hall–Kier alpha value is -1.58. The van der Waals surface area contributed by atoms with Crippen LogP contribution in [0.25, 0.3) is 0 Å². The summed E-state index contributed by atoms with van der Waals surface area (Å²) in [5.74, 6) is -0.0855. The number of benzene rings is 1. The number of hydrogen-bond acceptors (Lipinski definition) is 3. The quantitative estimate of drug-likeness (QED) is 0.795. The Kier molecular flexibility index (Phi) is 6.20. The van der Waals surface area contributed by atoms with Crippen LogP contribution in [0.1, 0.15) is 34.4 Å². The van der Waals surface area contributed by atoms with Gasteiger partial charge in [0.1, 0.15) is 17.6 Å². The lowest BCUT2D eigenvalue weighted by atomic mass is 9.96. The molecule has 0 aliphatic heterocycles. The largest absolute Gasteiger partial charge is 0.326 e. The molecule has 1 aromatic heterocycles. The molecule has 4 nitrogen and oxygen atoms in total. The number of nitrogens with one attached hydrogen (secondary N) is 2. The van der Waals surface area contributed by atoms with Gasteiger partial charge in [-0.25, -0.2) is 0 Å². The second kappa shape index (κ2) is 8.41. The number of quaternary nitrogens is 1. The average Bonchev–Trinajstić information content (AvgIpc) is 2.94. The van der Waals surface area contributed by atoms with Crippen molar-refractivity contribution in [1.82, 2.24) is 0 Å². The van der Waals surface area contributed by atoms with Crippen molar-refractivity contribution in [2.45, 2.75) is 32.2 Å². The van der Waals surface area contributed by atoms with Gasteiger partial charge in [0.2, 0.25) is 0 Å². The molecule has 7 heteroatoms. The maximum absolute atomic E-state index is 12.4. The molecule has 0 saturated carbocycles. The maximum atomic E-state index is 12.4. The number of thiophene rings is 1. The van der Waals surface area contributed by atoms with Crippen LogP contribution in [0.15, 0.2) is 18.2 Å². The molecule has 1 aliphatic rings. The van der Waals surface area contributed by atoms with Crippen molar-refractivity contribution in [2.24, 2.45) is 0 Å². The van der Waals surface area contributed by atoms with E-state index in [9.17, 15) is 10.1 Å². The highest BCUT2D eigenvalue weighted by molar-refractivity contribution is 7.16. The van der Waals surface area contributed by atoms with Crippen molar-refractivity contribution in [3.63, 3.8) is 0 Å². The molecule has 2 N–H and O–H groups in total. The van der Waals surface area contributed by atoms with Crippen LogP contribution in [0, 0.1) is 11.3 Å². The fraction of sp³-hybridized carbons (Fsp3) is 0.368. The number of halogens is 2. The summed E-state index contributed by atoms with van der Waals surface area (Å²) in [6.45, 7) is 0.976. The van der Waals surface area contributed by atoms with Crippen molar-refractivity contribution >= 4 is 45.4 Å². The van der Waals surface area contributed by atoms with Crippen LogP contribution in [0.4, 0.5) is 5.00 Å². The van der Waals surface area contributed by atoms with E-state index in [0.717, 1.165) is 41.7 Å². The molecule has 0 bridgehead atoms. The van der Waals surface area contributed by atoms with Gasteiger partial charge in [0.25, 0.3) is 5.91 Å². The van der Waals surface area contributed by atoms with Crippen LogP contribution < -0.4 is 10.2 Å². The molecule has 1 unspecified atom stereocenters. The molecule has 2 aromatic rings. The van der Waals surface area contributed by atoms with Gasteiger partial charge in [0, 0.05) is 10.4 Å². The first-order valence-electron chi connectivity index (χ1n) is 8.57. The summed E-state index contributed by atoms with van der Waals surface area (Å²) in [6, 6.07) is 7.78. The van der Waals surface area contributed by atoms with Gasteiger partial charge in [-0.15, -0.1) is 11.3 Å². The monoisotopic (exact) mass is 408 g/mol. The summed E-state index contributed by atoms with van der Waals surface area (Å²) in [4.78, 5) is 14.7. The number of aryl methyl sites for hydroxylation is 1. The summed E-state index contributed by atoms with van der Waals surface area (Å²) in [5, 5.41) is 14.2. The lowest BCUT2D eigenvalue weighted by Gasteiger charge is -2.14. The fourth-order valence-electron chi connectivity index (χ4n) is 3.28. The Morgan fingerprint density at radius 1 is 1.31 bits per heavy atom. The number of anilines is 1. The minimum Gasteiger partial charge on any atom is -0.326 e. The molecule has 1 atom stereocenters. The van der Waals surface area contributed by atoms with Gasteiger partial charge < -0.3 is 10.2 Å². The first kappa shape index (κ1) is 19.2. The Morgan fingerprint density at radius 2 is 2.08 bits per heavy atom. The van der Waals surface area contributed by atoms with Crippen LogP contribution in [0.5, 0.6) is 0 Å². The van der Waals surface area contributed by atoms with E-state index < -0.39 is 0 Å². The minimum absolute atomic E-state index is 0.0855. The number of nitrogens with zero attached hydrogens (tertiary/aromatic N) is 1. The van der Waals surface area contributed by atoms with Gasteiger partial charge in [-0.3, -0.25) is 4.79 Å². The molecule has 0 spiro atoms. The van der Waals surface area contributed by atoms with Gasteiger partial charge in [0.15, 0.2) is 6.54 Å². The molecule has 1 aliphatic carbocycles. The number of likely N-dealkylation sites (N-methyl/N-ethyl adjacent to an activating group) is 1. The molecule has 1 heterocycles. The van der Waals surface area contributed by atoms with Gasteiger partial charge in [-0.1, -0.05) is 29.3 Å². The van der Waals surface area contributed by atoms with E-state index in [1.165, 1.54) is 4.88 Å². The highest BCUT2D eigenvalue weighted by atomic mass is 35.5. The Balaban J connectivity index is 1.63. The zero-order valence-electron chi connectivity index (χ0n) is 14.5. The number of hydrogen-bond donors (Lipinski definition) is 2. The number of amides is 1. The summed E-state index contributed by atoms with van der Waals surface area (Å²) in [7, 11) is 1.95. The maximum Gasteiger partial charge on any atom is 0.280 e. The molecule has 1 aromatic carbocycles.